The van der Waals surface area contributed by atoms with Crippen LogP contribution in [0.25, 0.3) is 0 Å². The molecule has 1 aliphatic heterocycles. The van der Waals surface area contributed by atoms with E-state index in [-0.39, 0.29) is 17.5 Å². The first-order valence-corrected chi connectivity index (χ1v) is 10.3. The first-order chi connectivity index (χ1) is 12.9. The standard InChI is InChI=1S/C22H30N4O/c1-22(2,3)26-20(16-8-9-16)15-18(24-26)21(27)25-14-6-4-5-7-19(25)17-10-12-23-13-11-17/h10-13,15-16,19H,4-9,14H2,1-3H3/t19-/m1/s1. The molecule has 2 aromatic rings. The van der Waals surface area contributed by atoms with Crippen LogP contribution in [0.3, 0.4) is 0 Å². The van der Waals surface area contributed by atoms with E-state index >= 15 is 0 Å². The fourth-order valence-electron chi connectivity index (χ4n) is 4.14. The van der Waals surface area contributed by atoms with Crippen molar-refractivity contribution >= 4 is 5.91 Å². The average Bonchev–Trinajstić information content (AvgIpc) is 3.43. The highest BCUT2D eigenvalue weighted by molar-refractivity contribution is 5.92. The Labute approximate surface area is 161 Å². The van der Waals surface area contributed by atoms with E-state index in [1.165, 1.54) is 30.5 Å². The van der Waals surface area contributed by atoms with Crippen LogP contribution < -0.4 is 0 Å². The zero-order valence-electron chi connectivity index (χ0n) is 16.7. The number of rotatable bonds is 3. The Morgan fingerprint density at radius 1 is 1.07 bits per heavy atom. The van der Waals surface area contributed by atoms with Crippen LogP contribution in [0.15, 0.2) is 30.6 Å². The Hall–Kier alpha value is -2.17. The zero-order chi connectivity index (χ0) is 19.0. The molecule has 0 radical (unpaired) electrons. The largest absolute Gasteiger partial charge is 0.330 e. The molecule has 27 heavy (non-hydrogen) atoms. The van der Waals surface area contributed by atoms with Gasteiger partial charge >= 0.3 is 0 Å². The summed E-state index contributed by atoms with van der Waals surface area (Å²) in [5.41, 5.74) is 2.89. The summed E-state index contributed by atoms with van der Waals surface area (Å²) >= 11 is 0. The molecule has 0 N–H and O–H groups in total. The Bertz CT molecular complexity index is 801. The van der Waals surface area contributed by atoms with Gasteiger partial charge in [0.25, 0.3) is 5.91 Å². The molecule has 2 aliphatic rings. The van der Waals surface area contributed by atoms with Crippen LogP contribution >= 0.6 is 0 Å². The first kappa shape index (κ1) is 18.2. The van der Waals surface area contributed by atoms with Gasteiger partial charge in [0.2, 0.25) is 0 Å². The Kier molecular flexibility index (Phi) is 4.79. The van der Waals surface area contributed by atoms with Gasteiger partial charge in [-0.15, -0.1) is 0 Å². The van der Waals surface area contributed by atoms with Gasteiger partial charge in [0.15, 0.2) is 5.69 Å². The molecule has 0 unspecified atom stereocenters. The van der Waals surface area contributed by atoms with E-state index in [4.69, 9.17) is 5.10 Å². The topological polar surface area (TPSA) is 51.0 Å². The molecule has 1 saturated heterocycles. The van der Waals surface area contributed by atoms with Gasteiger partial charge in [-0.2, -0.15) is 5.10 Å². The fraction of sp³-hybridized carbons (Fsp3) is 0.591. The molecular formula is C22H30N4O. The van der Waals surface area contributed by atoms with Crippen LogP contribution in [0.4, 0.5) is 0 Å². The van der Waals surface area contributed by atoms with Crippen molar-refractivity contribution in [3.05, 3.63) is 47.5 Å². The SMILES string of the molecule is CC(C)(C)n1nc(C(=O)N2CCCCC[C@@H]2c2ccncc2)cc1C1CC1. The number of hydrogen-bond acceptors (Lipinski definition) is 3. The Morgan fingerprint density at radius 3 is 2.48 bits per heavy atom. The summed E-state index contributed by atoms with van der Waals surface area (Å²) in [6.45, 7) is 7.27. The molecule has 5 heteroatoms. The number of nitrogens with zero attached hydrogens (tertiary/aromatic N) is 4. The van der Waals surface area contributed by atoms with Crippen molar-refractivity contribution in [2.24, 2.45) is 0 Å². The Morgan fingerprint density at radius 2 is 1.81 bits per heavy atom. The minimum absolute atomic E-state index is 0.0728. The maximum Gasteiger partial charge on any atom is 0.274 e. The highest BCUT2D eigenvalue weighted by Gasteiger charge is 2.35. The molecule has 2 fully saturated rings. The maximum atomic E-state index is 13.5. The van der Waals surface area contributed by atoms with Gasteiger partial charge < -0.3 is 4.90 Å². The number of likely N-dealkylation sites (tertiary alicyclic amines) is 1. The lowest BCUT2D eigenvalue weighted by atomic mass is 10.0. The molecule has 4 rings (SSSR count). The second kappa shape index (κ2) is 7.10. The highest BCUT2D eigenvalue weighted by Crippen LogP contribution is 2.42. The van der Waals surface area contributed by atoms with E-state index in [1.807, 2.05) is 29.4 Å². The summed E-state index contributed by atoms with van der Waals surface area (Å²) in [5.74, 6) is 0.641. The van der Waals surface area contributed by atoms with Gasteiger partial charge in [0.1, 0.15) is 0 Å². The maximum absolute atomic E-state index is 13.5. The summed E-state index contributed by atoms with van der Waals surface area (Å²) in [4.78, 5) is 19.7. The second-order valence-electron chi connectivity index (χ2n) is 8.96. The molecule has 0 aromatic carbocycles. The van der Waals surface area contributed by atoms with E-state index in [9.17, 15) is 4.79 Å². The molecule has 1 aliphatic carbocycles. The van der Waals surface area contributed by atoms with Crippen molar-refractivity contribution < 1.29 is 4.79 Å². The van der Waals surface area contributed by atoms with Crippen LogP contribution in [0.5, 0.6) is 0 Å². The summed E-state index contributed by atoms with van der Waals surface area (Å²) < 4.78 is 2.08. The van der Waals surface area contributed by atoms with Crippen molar-refractivity contribution in [1.29, 1.82) is 0 Å². The highest BCUT2D eigenvalue weighted by atomic mass is 16.2. The molecule has 144 valence electrons. The molecule has 0 bridgehead atoms. The number of pyridine rings is 1. The summed E-state index contributed by atoms with van der Waals surface area (Å²) in [6, 6.07) is 6.26. The lowest BCUT2D eigenvalue weighted by molar-refractivity contribution is 0.0673. The molecule has 1 atom stereocenters. The lowest BCUT2D eigenvalue weighted by Gasteiger charge is -2.30. The molecule has 1 saturated carbocycles. The zero-order valence-corrected chi connectivity index (χ0v) is 16.7. The van der Waals surface area contributed by atoms with E-state index in [0.29, 0.717) is 11.6 Å². The van der Waals surface area contributed by atoms with Crippen molar-refractivity contribution in [2.45, 2.75) is 76.8 Å². The van der Waals surface area contributed by atoms with Crippen molar-refractivity contribution in [3.63, 3.8) is 0 Å². The predicted molar refractivity (Wildman–Crippen MR) is 106 cm³/mol. The number of carbonyl (C=O) groups excluding carboxylic acids is 1. The van der Waals surface area contributed by atoms with Crippen LogP contribution in [0.1, 0.15) is 93.0 Å². The van der Waals surface area contributed by atoms with Crippen molar-refractivity contribution in [3.8, 4) is 0 Å². The number of carbonyl (C=O) groups is 1. The van der Waals surface area contributed by atoms with Gasteiger partial charge in [0, 0.05) is 30.6 Å². The minimum atomic E-state index is -0.111. The summed E-state index contributed by atoms with van der Waals surface area (Å²) in [7, 11) is 0. The molecule has 5 nitrogen and oxygen atoms in total. The molecular weight excluding hydrogens is 336 g/mol. The fourth-order valence-corrected chi connectivity index (χ4v) is 4.14. The van der Waals surface area contributed by atoms with Gasteiger partial charge in [-0.05, 0) is 70.2 Å². The van der Waals surface area contributed by atoms with E-state index in [1.54, 1.807) is 0 Å². The van der Waals surface area contributed by atoms with Crippen molar-refractivity contribution in [2.75, 3.05) is 6.54 Å². The van der Waals surface area contributed by atoms with E-state index in [2.05, 4.69) is 36.5 Å². The van der Waals surface area contributed by atoms with Gasteiger partial charge in [-0.25, -0.2) is 0 Å². The van der Waals surface area contributed by atoms with Crippen LogP contribution in [0.2, 0.25) is 0 Å². The third-order valence-corrected chi connectivity index (χ3v) is 5.69. The molecule has 0 spiro atoms. The summed E-state index contributed by atoms with van der Waals surface area (Å²) in [5, 5.41) is 4.79. The second-order valence-corrected chi connectivity index (χ2v) is 8.96. The summed E-state index contributed by atoms with van der Waals surface area (Å²) in [6.07, 6.45) is 10.5. The predicted octanol–water partition coefficient (Wildman–Crippen LogP) is 4.67. The molecule has 3 heterocycles. The Balaban J connectivity index is 1.67. The number of hydrogen-bond donors (Lipinski definition) is 0. The third kappa shape index (κ3) is 3.78. The van der Waals surface area contributed by atoms with Crippen LogP contribution in [-0.2, 0) is 5.54 Å². The quantitative estimate of drug-likeness (QED) is 0.793. The monoisotopic (exact) mass is 366 g/mol. The van der Waals surface area contributed by atoms with Gasteiger partial charge in [-0.3, -0.25) is 14.5 Å². The van der Waals surface area contributed by atoms with E-state index < -0.39 is 0 Å². The van der Waals surface area contributed by atoms with Crippen molar-refractivity contribution in [1.82, 2.24) is 19.7 Å². The van der Waals surface area contributed by atoms with E-state index in [0.717, 1.165) is 25.8 Å². The van der Waals surface area contributed by atoms with Gasteiger partial charge in [0.05, 0.1) is 11.6 Å². The third-order valence-electron chi connectivity index (χ3n) is 5.69. The number of amides is 1. The average molecular weight is 367 g/mol. The van der Waals surface area contributed by atoms with Crippen LogP contribution in [0, 0.1) is 0 Å². The lowest BCUT2D eigenvalue weighted by Crippen LogP contribution is -2.35. The minimum Gasteiger partial charge on any atom is -0.330 e. The molecule has 2 aromatic heterocycles. The smallest absolute Gasteiger partial charge is 0.274 e. The first-order valence-electron chi connectivity index (χ1n) is 10.3. The van der Waals surface area contributed by atoms with Crippen LogP contribution in [-0.4, -0.2) is 32.1 Å². The normalized spacial score (nSPS) is 21.1. The van der Waals surface area contributed by atoms with Gasteiger partial charge in [-0.1, -0.05) is 12.8 Å². The molecule has 1 amide bonds. The number of aromatic nitrogens is 3.